The molecular weight excluding hydrogens is 442 g/mol. The highest BCUT2D eigenvalue weighted by Crippen LogP contribution is 2.61. The molecule has 8 heteroatoms. The number of carbonyl (C=O) groups is 1. The van der Waals surface area contributed by atoms with E-state index in [1.165, 1.54) is 35.4 Å². The number of rotatable bonds is 3. The van der Waals surface area contributed by atoms with Crippen molar-refractivity contribution in [1.29, 1.82) is 0 Å². The molecule has 0 heterocycles. The molecule has 3 aliphatic carbocycles. The highest BCUT2D eigenvalue weighted by atomic mass is 32.2. The van der Waals surface area contributed by atoms with Gasteiger partial charge in [-0.05, 0) is 97.4 Å². The molecule has 2 aromatic rings. The molecule has 2 fully saturated rings. The van der Waals surface area contributed by atoms with Crippen LogP contribution in [0, 0.1) is 17.3 Å². The number of ether oxygens (including phenoxy) is 1. The van der Waals surface area contributed by atoms with Crippen molar-refractivity contribution < 1.29 is 28.2 Å². The maximum Gasteiger partial charge on any atom is 0.338 e. The first-order valence-electron chi connectivity index (χ1n) is 11.4. The standard InChI is InChI=1S/C25H29NO6S/c1-25-11-10-19-18-9-5-16(27)12-15(18)4-8-20(19)21(25)13-22(23(25)28)32-24(29)14-2-6-17(7-3-14)33(26,30)31/h2-3,5-7,9,12,19-23,27-28H,4,8,10-11,13H2,1H3,(H2,26,30,31)/t19?,20?,21?,22-,23+,25+/m1/s1. The monoisotopic (exact) mass is 471 g/mol. The van der Waals surface area contributed by atoms with E-state index in [4.69, 9.17) is 9.88 Å². The van der Waals surface area contributed by atoms with Gasteiger partial charge in [-0.15, -0.1) is 0 Å². The fourth-order valence-corrected chi connectivity index (χ4v) is 7.15. The second-order valence-corrected chi connectivity index (χ2v) is 11.6. The number of aliphatic hydroxyl groups excluding tert-OH is 1. The first-order valence-corrected chi connectivity index (χ1v) is 13.0. The summed E-state index contributed by atoms with van der Waals surface area (Å²) in [5, 5.41) is 26.2. The van der Waals surface area contributed by atoms with Crippen LogP contribution >= 0.6 is 0 Å². The second-order valence-electron chi connectivity index (χ2n) is 10.0. The van der Waals surface area contributed by atoms with Crippen LogP contribution < -0.4 is 5.14 Å². The molecule has 0 bridgehead atoms. The van der Waals surface area contributed by atoms with Crippen LogP contribution in [0.5, 0.6) is 5.75 Å². The van der Waals surface area contributed by atoms with E-state index in [9.17, 15) is 23.4 Å². The number of aliphatic hydroxyl groups is 1. The van der Waals surface area contributed by atoms with Gasteiger partial charge in [-0.1, -0.05) is 13.0 Å². The van der Waals surface area contributed by atoms with Gasteiger partial charge in [0.15, 0.2) is 0 Å². The Morgan fingerprint density at radius 2 is 1.88 bits per heavy atom. The highest BCUT2D eigenvalue weighted by Gasteiger charge is 2.59. The molecule has 0 radical (unpaired) electrons. The lowest BCUT2D eigenvalue weighted by Crippen LogP contribution is -2.45. The number of phenolic OH excluding ortho intramolecular Hbond substituents is 1. The Kier molecular flexibility index (Phi) is 5.30. The third-order valence-corrected chi connectivity index (χ3v) is 9.27. The van der Waals surface area contributed by atoms with E-state index in [-0.39, 0.29) is 21.8 Å². The molecule has 6 atom stereocenters. The van der Waals surface area contributed by atoms with E-state index in [1.54, 1.807) is 6.07 Å². The molecule has 5 rings (SSSR count). The van der Waals surface area contributed by atoms with E-state index >= 15 is 0 Å². The van der Waals surface area contributed by atoms with Gasteiger partial charge < -0.3 is 14.9 Å². The maximum absolute atomic E-state index is 12.8. The summed E-state index contributed by atoms with van der Waals surface area (Å²) < 4.78 is 28.6. The van der Waals surface area contributed by atoms with Gasteiger partial charge in [0.2, 0.25) is 10.0 Å². The largest absolute Gasteiger partial charge is 0.508 e. The number of nitrogens with two attached hydrogens (primary N) is 1. The Hall–Kier alpha value is -2.42. The molecule has 0 spiro atoms. The van der Waals surface area contributed by atoms with Crippen LogP contribution in [-0.2, 0) is 21.2 Å². The maximum atomic E-state index is 12.8. The van der Waals surface area contributed by atoms with Gasteiger partial charge in [0.25, 0.3) is 0 Å². The number of fused-ring (bicyclic) bond motifs is 5. The number of phenols is 1. The molecular formula is C25H29NO6S. The Morgan fingerprint density at radius 1 is 1.15 bits per heavy atom. The first-order chi connectivity index (χ1) is 15.6. The second kappa shape index (κ2) is 7.82. The zero-order valence-corrected chi connectivity index (χ0v) is 19.3. The summed E-state index contributed by atoms with van der Waals surface area (Å²) in [4.78, 5) is 12.7. The molecule has 7 nitrogen and oxygen atoms in total. The van der Waals surface area contributed by atoms with Gasteiger partial charge in [-0.25, -0.2) is 18.4 Å². The van der Waals surface area contributed by atoms with Crippen molar-refractivity contribution in [3.63, 3.8) is 0 Å². The molecule has 0 amide bonds. The van der Waals surface area contributed by atoms with Gasteiger partial charge in [0.05, 0.1) is 16.6 Å². The lowest BCUT2D eigenvalue weighted by molar-refractivity contribution is -0.0583. The number of benzene rings is 2. The average Bonchev–Trinajstić information content (AvgIpc) is 3.03. The molecule has 3 unspecified atom stereocenters. The van der Waals surface area contributed by atoms with Crippen molar-refractivity contribution in [3.05, 3.63) is 59.2 Å². The minimum atomic E-state index is -3.84. The zero-order valence-electron chi connectivity index (χ0n) is 18.5. The molecule has 3 aliphatic rings. The normalized spacial score (nSPS) is 33.0. The van der Waals surface area contributed by atoms with Crippen LogP contribution in [0.1, 0.15) is 60.0 Å². The van der Waals surface area contributed by atoms with E-state index in [1.807, 2.05) is 12.1 Å². The minimum Gasteiger partial charge on any atom is -0.508 e. The molecule has 2 saturated carbocycles. The Bertz CT molecular complexity index is 1190. The topological polar surface area (TPSA) is 127 Å². The van der Waals surface area contributed by atoms with Gasteiger partial charge in [0.1, 0.15) is 11.9 Å². The summed E-state index contributed by atoms with van der Waals surface area (Å²) in [7, 11) is -3.84. The number of hydrogen-bond acceptors (Lipinski definition) is 6. The Morgan fingerprint density at radius 3 is 2.58 bits per heavy atom. The van der Waals surface area contributed by atoms with E-state index in [0.29, 0.717) is 24.0 Å². The number of hydrogen-bond donors (Lipinski definition) is 3. The number of sulfonamides is 1. The third-order valence-electron chi connectivity index (χ3n) is 8.34. The molecule has 0 aliphatic heterocycles. The van der Waals surface area contributed by atoms with Crippen LogP contribution in [0.25, 0.3) is 0 Å². The predicted molar refractivity (Wildman–Crippen MR) is 121 cm³/mol. The quantitative estimate of drug-likeness (QED) is 0.591. The Labute approximate surface area is 193 Å². The fourth-order valence-electron chi connectivity index (χ4n) is 6.63. The van der Waals surface area contributed by atoms with E-state index in [0.717, 1.165) is 25.7 Å². The van der Waals surface area contributed by atoms with Crippen molar-refractivity contribution in [1.82, 2.24) is 0 Å². The number of carbonyl (C=O) groups excluding carboxylic acids is 1. The lowest BCUT2D eigenvalue weighted by Gasteiger charge is -2.49. The molecule has 0 saturated heterocycles. The molecule has 0 aromatic heterocycles. The number of esters is 1. The average molecular weight is 472 g/mol. The van der Waals surface area contributed by atoms with Crippen LogP contribution in [0.15, 0.2) is 47.4 Å². The van der Waals surface area contributed by atoms with Crippen LogP contribution in [0.2, 0.25) is 0 Å². The highest BCUT2D eigenvalue weighted by molar-refractivity contribution is 7.89. The third kappa shape index (κ3) is 3.74. The summed E-state index contributed by atoms with van der Waals surface area (Å²) in [6, 6.07) is 11.0. The summed E-state index contributed by atoms with van der Waals surface area (Å²) in [6.45, 7) is 2.11. The smallest absolute Gasteiger partial charge is 0.338 e. The first kappa shape index (κ1) is 22.4. The van der Waals surface area contributed by atoms with Crippen molar-refractivity contribution in [2.75, 3.05) is 0 Å². The Balaban J connectivity index is 1.34. The van der Waals surface area contributed by atoms with Crippen LogP contribution in [-0.4, -0.2) is 36.8 Å². The van der Waals surface area contributed by atoms with E-state index < -0.39 is 28.2 Å². The summed E-state index contributed by atoms with van der Waals surface area (Å²) in [6.07, 6.45) is 2.94. The van der Waals surface area contributed by atoms with Gasteiger partial charge >= 0.3 is 5.97 Å². The molecule has 176 valence electrons. The summed E-state index contributed by atoms with van der Waals surface area (Å²) in [5.74, 6) is 0.736. The fraction of sp³-hybridized carbons (Fsp3) is 0.480. The van der Waals surface area contributed by atoms with Crippen LogP contribution in [0.3, 0.4) is 0 Å². The predicted octanol–water partition coefficient (Wildman–Crippen LogP) is 3.09. The van der Waals surface area contributed by atoms with Gasteiger partial charge in [-0.2, -0.15) is 0 Å². The number of aryl methyl sites for hydroxylation is 1. The summed E-state index contributed by atoms with van der Waals surface area (Å²) in [5.41, 5.74) is 2.41. The molecule has 2 aromatic carbocycles. The lowest BCUT2D eigenvalue weighted by atomic mass is 9.55. The number of aromatic hydroxyl groups is 1. The van der Waals surface area contributed by atoms with Crippen molar-refractivity contribution in [3.8, 4) is 5.75 Å². The molecule has 4 N–H and O–H groups in total. The minimum absolute atomic E-state index is 0.0737. The van der Waals surface area contributed by atoms with Gasteiger partial charge in [-0.3, -0.25) is 0 Å². The van der Waals surface area contributed by atoms with Crippen molar-refractivity contribution in [2.24, 2.45) is 22.4 Å². The van der Waals surface area contributed by atoms with Crippen molar-refractivity contribution in [2.45, 2.75) is 62.0 Å². The summed E-state index contributed by atoms with van der Waals surface area (Å²) >= 11 is 0. The SMILES string of the molecule is C[C@]12CCC3c4ccc(O)cc4CCC3C1C[C@@H](OC(=O)c1ccc(S(N)(=O)=O)cc1)[C@@H]2O. The van der Waals surface area contributed by atoms with Gasteiger partial charge in [0, 0.05) is 5.41 Å². The van der Waals surface area contributed by atoms with Crippen LogP contribution in [0.4, 0.5) is 0 Å². The number of primary sulfonamides is 1. The van der Waals surface area contributed by atoms with Crippen molar-refractivity contribution >= 4 is 16.0 Å². The van der Waals surface area contributed by atoms with E-state index in [2.05, 4.69) is 6.92 Å². The zero-order chi connectivity index (χ0) is 23.5. The molecule has 33 heavy (non-hydrogen) atoms.